The van der Waals surface area contributed by atoms with Crippen LogP contribution in [-0.2, 0) is 17.7 Å². The van der Waals surface area contributed by atoms with Gasteiger partial charge in [-0.1, -0.05) is 35.5 Å². The van der Waals surface area contributed by atoms with Gasteiger partial charge in [0, 0.05) is 44.4 Å². The highest BCUT2D eigenvalue weighted by molar-refractivity contribution is 5.92. The molecule has 0 radical (unpaired) electrons. The Kier molecular flexibility index (Phi) is 5.78. The molecule has 2 aliphatic heterocycles. The zero-order valence-electron chi connectivity index (χ0n) is 18.4. The summed E-state index contributed by atoms with van der Waals surface area (Å²) in [5, 5.41) is 8.51. The number of aromatic nitrogens is 4. The van der Waals surface area contributed by atoms with E-state index in [1.165, 1.54) is 0 Å². The van der Waals surface area contributed by atoms with E-state index < -0.39 is 0 Å². The molecule has 1 amide bonds. The lowest BCUT2D eigenvalue weighted by atomic mass is 9.78. The van der Waals surface area contributed by atoms with Crippen LogP contribution in [0.4, 0.5) is 0 Å². The van der Waals surface area contributed by atoms with Gasteiger partial charge in [0.25, 0.3) is 5.91 Å². The van der Waals surface area contributed by atoms with Crippen molar-refractivity contribution in [2.75, 3.05) is 19.7 Å². The van der Waals surface area contributed by atoms with Crippen molar-refractivity contribution in [1.82, 2.24) is 24.8 Å². The minimum Gasteiger partial charge on any atom is -0.375 e. The average molecular weight is 436 g/mol. The quantitative estimate of drug-likeness (QED) is 0.609. The second-order valence-electron chi connectivity index (χ2n) is 8.82. The van der Waals surface area contributed by atoms with E-state index in [-0.39, 0.29) is 11.5 Å². The number of amides is 1. The van der Waals surface area contributed by atoms with E-state index in [1.807, 2.05) is 48.4 Å². The molecular weight excluding hydrogens is 406 g/mol. The molecule has 2 aliphatic rings. The number of benzene rings is 1. The maximum Gasteiger partial charge on any atom is 0.274 e. The van der Waals surface area contributed by atoms with Crippen molar-refractivity contribution >= 4 is 5.91 Å². The Balaban J connectivity index is 1.18. The SMILES string of the molecule is CCn1ccc(C(=O)N2CCC3(CC2)CC(Cc2nc(-c4ccccc4)no2)CCO3)n1. The van der Waals surface area contributed by atoms with E-state index in [0.717, 1.165) is 50.8 Å². The first-order valence-electron chi connectivity index (χ1n) is 11.5. The first-order valence-corrected chi connectivity index (χ1v) is 11.5. The predicted octanol–water partition coefficient (Wildman–Crippen LogP) is 3.60. The van der Waals surface area contributed by atoms with E-state index >= 15 is 0 Å². The summed E-state index contributed by atoms with van der Waals surface area (Å²) in [6.07, 6.45) is 6.27. The molecule has 0 bridgehead atoms. The number of rotatable bonds is 5. The number of carbonyl (C=O) groups is 1. The van der Waals surface area contributed by atoms with Crippen molar-refractivity contribution in [2.24, 2.45) is 5.92 Å². The Morgan fingerprint density at radius 2 is 2.00 bits per heavy atom. The molecule has 168 valence electrons. The molecule has 8 nitrogen and oxygen atoms in total. The molecule has 1 atom stereocenters. The molecule has 2 aromatic heterocycles. The van der Waals surface area contributed by atoms with Crippen LogP contribution in [0.5, 0.6) is 0 Å². The summed E-state index contributed by atoms with van der Waals surface area (Å²) in [4.78, 5) is 19.3. The van der Waals surface area contributed by atoms with E-state index in [4.69, 9.17) is 9.26 Å². The summed E-state index contributed by atoms with van der Waals surface area (Å²) in [5.41, 5.74) is 1.33. The molecule has 1 aromatic carbocycles. The maximum absolute atomic E-state index is 12.8. The van der Waals surface area contributed by atoms with Gasteiger partial charge in [-0.25, -0.2) is 0 Å². The lowest BCUT2D eigenvalue weighted by Crippen LogP contribution is -2.51. The Bertz CT molecular complexity index is 1050. The van der Waals surface area contributed by atoms with Crippen molar-refractivity contribution in [3.63, 3.8) is 0 Å². The van der Waals surface area contributed by atoms with Gasteiger partial charge in [0.05, 0.1) is 5.60 Å². The molecule has 5 rings (SSSR count). The molecule has 0 N–H and O–H groups in total. The van der Waals surface area contributed by atoms with Crippen molar-refractivity contribution in [3.8, 4) is 11.4 Å². The fourth-order valence-corrected chi connectivity index (χ4v) is 4.87. The third kappa shape index (κ3) is 4.32. The minimum atomic E-state index is -0.162. The van der Waals surface area contributed by atoms with Gasteiger partial charge in [-0.05, 0) is 44.6 Å². The molecular formula is C24H29N5O3. The number of aryl methyl sites for hydroxylation is 1. The summed E-state index contributed by atoms with van der Waals surface area (Å²) >= 11 is 0. The van der Waals surface area contributed by atoms with Gasteiger partial charge >= 0.3 is 0 Å². The first-order chi connectivity index (χ1) is 15.6. The lowest BCUT2D eigenvalue weighted by molar-refractivity contribution is -0.124. The summed E-state index contributed by atoms with van der Waals surface area (Å²) in [5.74, 6) is 1.78. The van der Waals surface area contributed by atoms with Crippen LogP contribution in [0.2, 0.25) is 0 Å². The molecule has 1 unspecified atom stereocenters. The molecule has 2 fully saturated rings. The number of nitrogens with zero attached hydrogens (tertiary/aromatic N) is 5. The number of hydrogen-bond acceptors (Lipinski definition) is 6. The van der Waals surface area contributed by atoms with Gasteiger partial charge in [-0.2, -0.15) is 10.1 Å². The normalized spacial score (nSPS) is 20.5. The molecule has 2 saturated heterocycles. The van der Waals surface area contributed by atoms with Crippen molar-refractivity contribution in [3.05, 3.63) is 54.2 Å². The van der Waals surface area contributed by atoms with Gasteiger partial charge in [-0.3, -0.25) is 9.48 Å². The topological polar surface area (TPSA) is 86.3 Å². The molecule has 1 spiro atoms. The third-order valence-electron chi connectivity index (χ3n) is 6.70. The Labute approximate surface area is 187 Å². The fraction of sp³-hybridized carbons (Fsp3) is 0.500. The van der Waals surface area contributed by atoms with Crippen LogP contribution in [0.3, 0.4) is 0 Å². The van der Waals surface area contributed by atoms with E-state index in [2.05, 4.69) is 15.2 Å². The summed E-state index contributed by atoms with van der Waals surface area (Å²) in [6, 6.07) is 11.7. The van der Waals surface area contributed by atoms with Crippen molar-refractivity contribution < 1.29 is 14.1 Å². The van der Waals surface area contributed by atoms with Gasteiger partial charge < -0.3 is 14.2 Å². The highest BCUT2D eigenvalue weighted by atomic mass is 16.5. The van der Waals surface area contributed by atoms with Gasteiger partial charge in [0.15, 0.2) is 0 Å². The highest BCUT2D eigenvalue weighted by Gasteiger charge is 2.41. The summed E-state index contributed by atoms with van der Waals surface area (Å²) < 4.78 is 13.6. The Morgan fingerprint density at radius 3 is 2.75 bits per heavy atom. The molecule has 4 heterocycles. The predicted molar refractivity (Wildman–Crippen MR) is 118 cm³/mol. The summed E-state index contributed by atoms with van der Waals surface area (Å²) in [7, 11) is 0. The van der Waals surface area contributed by atoms with Crippen LogP contribution in [0, 0.1) is 5.92 Å². The van der Waals surface area contributed by atoms with Crippen molar-refractivity contribution in [1.29, 1.82) is 0 Å². The first kappa shape index (κ1) is 20.9. The van der Waals surface area contributed by atoms with Gasteiger partial charge in [-0.15, -0.1) is 0 Å². The minimum absolute atomic E-state index is 0.0127. The lowest BCUT2D eigenvalue weighted by Gasteiger charge is -2.46. The van der Waals surface area contributed by atoms with Crippen molar-refractivity contribution in [2.45, 2.75) is 51.2 Å². The largest absolute Gasteiger partial charge is 0.375 e. The molecule has 0 aliphatic carbocycles. The highest BCUT2D eigenvalue weighted by Crippen LogP contribution is 2.39. The van der Waals surface area contributed by atoms with E-state index in [0.29, 0.717) is 36.4 Å². The monoisotopic (exact) mass is 435 g/mol. The van der Waals surface area contributed by atoms with Crippen LogP contribution in [0.1, 0.15) is 49.0 Å². The standard InChI is InChI=1S/C24H29N5O3/c1-2-29-12-8-20(26-29)23(30)28-13-10-24(11-14-28)17-18(9-15-31-24)16-21-25-22(27-32-21)19-6-4-3-5-7-19/h3-8,12,18H,2,9-11,13-17H2,1H3. The van der Waals surface area contributed by atoms with Crippen LogP contribution < -0.4 is 0 Å². The Hall–Kier alpha value is -3.00. The summed E-state index contributed by atoms with van der Waals surface area (Å²) in [6.45, 7) is 4.91. The van der Waals surface area contributed by atoms with Crippen LogP contribution in [-0.4, -0.2) is 56.0 Å². The number of carbonyl (C=O) groups excluding carboxylic acids is 1. The molecule has 8 heteroatoms. The molecule has 32 heavy (non-hydrogen) atoms. The van der Waals surface area contributed by atoms with Crippen LogP contribution >= 0.6 is 0 Å². The number of piperidine rings is 1. The Morgan fingerprint density at radius 1 is 1.19 bits per heavy atom. The van der Waals surface area contributed by atoms with Gasteiger partial charge in [0.1, 0.15) is 5.69 Å². The number of ether oxygens (including phenoxy) is 1. The number of hydrogen-bond donors (Lipinski definition) is 0. The smallest absolute Gasteiger partial charge is 0.274 e. The average Bonchev–Trinajstić information content (AvgIpc) is 3.50. The third-order valence-corrected chi connectivity index (χ3v) is 6.70. The second-order valence-corrected chi connectivity index (χ2v) is 8.82. The second kappa shape index (κ2) is 8.86. The van der Waals surface area contributed by atoms with Crippen LogP contribution in [0.15, 0.2) is 47.1 Å². The zero-order chi connectivity index (χ0) is 22.0. The van der Waals surface area contributed by atoms with Crippen LogP contribution in [0.25, 0.3) is 11.4 Å². The zero-order valence-corrected chi connectivity index (χ0v) is 18.4. The van der Waals surface area contributed by atoms with Gasteiger partial charge in [0.2, 0.25) is 11.7 Å². The fourth-order valence-electron chi connectivity index (χ4n) is 4.87. The molecule has 3 aromatic rings. The van der Waals surface area contributed by atoms with E-state index in [1.54, 1.807) is 10.7 Å². The number of likely N-dealkylation sites (tertiary alicyclic amines) is 1. The maximum atomic E-state index is 12.8. The van der Waals surface area contributed by atoms with E-state index in [9.17, 15) is 4.79 Å². The molecule has 0 saturated carbocycles.